The number of imidazole rings is 1. The molecule has 4 aromatic rings. The van der Waals surface area contributed by atoms with Crippen molar-refractivity contribution in [2.75, 3.05) is 13.1 Å². The zero-order valence-corrected chi connectivity index (χ0v) is 18.3. The summed E-state index contributed by atoms with van der Waals surface area (Å²) >= 11 is 0. The molecule has 1 amide bonds. The van der Waals surface area contributed by atoms with Crippen LogP contribution in [0.25, 0.3) is 16.7 Å². The van der Waals surface area contributed by atoms with Gasteiger partial charge in [-0.1, -0.05) is 24.8 Å². The Labute approximate surface area is 191 Å². The molecule has 5 rings (SSSR count). The quantitative estimate of drug-likeness (QED) is 0.435. The second-order valence-electron chi connectivity index (χ2n) is 8.15. The van der Waals surface area contributed by atoms with Crippen LogP contribution in [0.4, 0.5) is 0 Å². The van der Waals surface area contributed by atoms with Gasteiger partial charge < -0.3 is 9.64 Å². The lowest BCUT2D eigenvalue weighted by Crippen LogP contribution is -2.31. The summed E-state index contributed by atoms with van der Waals surface area (Å²) in [7, 11) is 0. The van der Waals surface area contributed by atoms with Gasteiger partial charge in [-0.15, -0.1) is 0 Å². The number of benzene rings is 2. The molecule has 2 aromatic carbocycles. The molecule has 0 saturated carbocycles. The molecule has 0 N–H and O–H groups in total. The van der Waals surface area contributed by atoms with E-state index in [1.165, 1.54) is 6.08 Å². The summed E-state index contributed by atoms with van der Waals surface area (Å²) in [5.74, 6) is 1.32. The number of likely N-dealkylation sites (tertiary alicyclic amines) is 1. The minimum absolute atomic E-state index is 0.105. The highest BCUT2D eigenvalue weighted by atomic mass is 16.5. The third-order valence-electron chi connectivity index (χ3n) is 6.05. The first-order chi connectivity index (χ1) is 16.1. The zero-order valence-electron chi connectivity index (χ0n) is 18.3. The SMILES string of the molecule is C=CC(=O)N1CCC(n2c(=O)n(-c3ccc(Oc4ccccc4)cc3)c3cncc(C)c32)C1. The van der Waals surface area contributed by atoms with Gasteiger partial charge in [0, 0.05) is 19.3 Å². The summed E-state index contributed by atoms with van der Waals surface area (Å²) in [4.78, 5) is 31.9. The van der Waals surface area contributed by atoms with Gasteiger partial charge >= 0.3 is 5.69 Å². The predicted molar refractivity (Wildman–Crippen MR) is 127 cm³/mol. The standard InChI is InChI=1S/C26H24N4O3/c1-3-24(31)28-14-13-20(17-28)30-25-18(2)15-27-16-23(25)29(26(30)32)19-9-11-22(12-10-19)33-21-7-5-4-6-8-21/h3-12,15-16,20H,1,13-14,17H2,2H3. The molecule has 0 aliphatic carbocycles. The van der Waals surface area contributed by atoms with Gasteiger partial charge in [0.25, 0.3) is 0 Å². The van der Waals surface area contributed by atoms with E-state index in [9.17, 15) is 9.59 Å². The Morgan fingerprint density at radius 1 is 1.09 bits per heavy atom. The summed E-state index contributed by atoms with van der Waals surface area (Å²) in [6, 6.07) is 16.9. The Balaban J connectivity index is 1.55. The van der Waals surface area contributed by atoms with Crippen molar-refractivity contribution >= 4 is 16.9 Å². The van der Waals surface area contributed by atoms with Gasteiger partial charge in [0.05, 0.1) is 29.0 Å². The monoisotopic (exact) mass is 440 g/mol. The number of ether oxygens (including phenoxy) is 1. The van der Waals surface area contributed by atoms with E-state index in [1.807, 2.05) is 66.1 Å². The Hall–Kier alpha value is -4.13. The van der Waals surface area contributed by atoms with Gasteiger partial charge in [-0.05, 0) is 61.4 Å². The molecular weight excluding hydrogens is 416 g/mol. The Morgan fingerprint density at radius 3 is 2.55 bits per heavy atom. The zero-order chi connectivity index (χ0) is 22.9. The van der Waals surface area contributed by atoms with Crippen molar-refractivity contribution in [3.05, 3.63) is 95.7 Å². The largest absolute Gasteiger partial charge is 0.457 e. The number of aryl methyl sites for hydroxylation is 1. The average Bonchev–Trinajstić information content (AvgIpc) is 3.43. The van der Waals surface area contributed by atoms with E-state index in [1.54, 1.807) is 21.9 Å². The van der Waals surface area contributed by atoms with Crippen LogP contribution < -0.4 is 10.4 Å². The molecule has 1 atom stereocenters. The van der Waals surface area contributed by atoms with Gasteiger partial charge in [-0.2, -0.15) is 0 Å². The average molecular weight is 441 g/mol. The topological polar surface area (TPSA) is 69.4 Å². The van der Waals surface area contributed by atoms with Crippen molar-refractivity contribution in [3.63, 3.8) is 0 Å². The van der Waals surface area contributed by atoms with Crippen molar-refractivity contribution in [1.29, 1.82) is 0 Å². The third kappa shape index (κ3) is 3.71. The molecule has 0 bridgehead atoms. The molecule has 1 saturated heterocycles. The number of hydrogen-bond acceptors (Lipinski definition) is 4. The van der Waals surface area contributed by atoms with Crippen LogP contribution >= 0.6 is 0 Å². The van der Waals surface area contributed by atoms with E-state index in [0.717, 1.165) is 28.0 Å². The number of rotatable bonds is 5. The van der Waals surface area contributed by atoms with Gasteiger partial charge in [0.1, 0.15) is 11.5 Å². The van der Waals surface area contributed by atoms with E-state index < -0.39 is 0 Å². The lowest BCUT2D eigenvalue weighted by atomic mass is 10.2. The number of pyridine rings is 1. The number of carbonyl (C=O) groups is 1. The minimum Gasteiger partial charge on any atom is -0.457 e. The van der Waals surface area contributed by atoms with Crippen LogP contribution in [0.15, 0.2) is 84.4 Å². The smallest absolute Gasteiger partial charge is 0.334 e. The minimum atomic E-state index is -0.143. The summed E-state index contributed by atoms with van der Waals surface area (Å²) in [5, 5.41) is 0. The fourth-order valence-electron chi connectivity index (χ4n) is 4.49. The van der Waals surface area contributed by atoms with E-state index >= 15 is 0 Å². The molecular formula is C26H24N4O3. The number of para-hydroxylation sites is 1. The fraction of sp³-hybridized carbons (Fsp3) is 0.192. The molecule has 0 spiro atoms. The molecule has 1 aliphatic rings. The number of hydrogen-bond donors (Lipinski definition) is 0. The van der Waals surface area contributed by atoms with Crippen LogP contribution in [0, 0.1) is 6.92 Å². The van der Waals surface area contributed by atoms with Crippen LogP contribution in [0.2, 0.25) is 0 Å². The first-order valence-corrected chi connectivity index (χ1v) is 10.9. The Bertz CT molecular complexity index is 1390. The Kier molecular flexibility index (Phi) is 5.30. The van der Waals surface area contributed by atoms with Crippen molar-refractivity contribution in [2.45, 2.75) is 19.4 Å². The number of carbonyl (C=O) groups excluding carboxylic acids is 1. The molecule has 0 radical (unpaired) electrons. The molecule has 33 heavy (non-hydrogen) atoms. The van der Waals surface area contributed by atoms with Crippen molar-refractivity contribution in [2.24, 2.45) is 0 Å². The maximum atomic E-state index is 13.7. The number of nitrogens with zero attached hydrogens (tertiary/aromatic N) is 4. The van der Waals surface area contributed by atoms with E-state index in [-0.39, 0.29) is 17.6 Å². The lowest BCUT2D eigenvalue weighted by molar-refractivity contribution is -0.125. The summed E-state index contributed by atoms with van der Waals surface area (Å²) < 4.78 is 9.38. The van der Waals surface area contributed by atoms with E-state index in [0.29, 0.717) is 25.3 Å². The highest BCUT2D eigenvalue weighted by Crippen LogP contribution is 2.29. The maximum Gasteiger partial charge on any atom is 0.334 e. The van der Waals surface area contributed by atoms with Gasteiger partial charge in [-0.25, -0.2) is 4.79 Å². The second-order valence-corrected chi connectivity index (χ2v) is 8.15. The van der Waals surface area contributed by atoms with Crippen molar-refractivity contribution in [3.8, 4) is 17.2 Å². The van der Waals surface area contributed by atoms with Crippen LogP contribution in [-0.2, 0) is 4.79 Å². The molecule has 7 nitrogen and oxygen atoms in total. The first-order valence-electron chi connectivity index (χ1n) is 10.9. The predicted octanol–water partition coefficient (Wildman–Crippen LogP) is 4.25. The molecule has 3 heterocycles. The van der Waals surface area contributed by atoms with Gasteiger partial charge in [0.15, 0.2) is 0 Å². The third-order valence-corrected chi connectivity index (χ3v) is 6.05. The Morgan fingerprint density at radius 2 is 1.82 bits per heavy atom. The number of amides is 1. The molecule has 7 heteroatoms. The van der Waals surface area contributed by atoms with Crippen LogP contribution in [0.3, 0.4) is 0 Å². The number of aromatic nitrogens is 3. The highest BCUT2D eigenvalue weighted by molar-refractivity contribution is 5.87. The van der Waals surface area contributed by atoms with Gasteiger partial charge in [0.2, 0.25) is 5.91 Å². The summed E-state index contributed by atoms with van der Waals surface area (Å²) in [6.07, 6.45) is 5.52. The molecule has 166 valence electrons. The van der Waals surface area contributed by atoms with E-state index in [4.69, 9.17) is 4.74 Å². The lowest BCUT2D eigenvalue weighted by Gasteiger charge is -2.15. The summed E-state index contributed by atoms with van der Waals surface area (Å²) in [6.45, 7) is 6.61. The molecule has 2 aromatic heterocycles. The van der Waals surface area contributed by atoms with Crippen LogP contribution in [-0.4, -0.2) is 38.0 Å². The van der Waals surface area contributed by atoms with Crippen molar-refractivity contribution in [1.82, 2.24) is 19.0 Å². The number of fused-ring (bicyclic) bond motifs is 1. The second kappa shape index (κ2) is 8.43. The molecule has 1 fully saturated rings. The van der Waals surface area contributed by atoms with E-state index in [2.05, 4.69) is 11.6 Å². The fourth-order valence-corrected chi connectivity index (χ4v) is 4.49. The van der Waals surface area contributed by atoms with Crippen LogP contribution in [0.1, 0.15) is 18.0 Å². The molecule has 1 unspecified atom stereocenters. The summed E-state index contributed by atoms with van der Waals surface area (Å²) in [5.41, 5.74) is 3.09. The van der Waals surface area contributed by atoms with Crippen molar-refractivity contribution < 1.29 is 9.53 Å². The van der Waals surface area contributed by atoms with Gasteiger partial charge in [-0.3, -0.25) is 18.9 Å². The normalized spacial score (nSPS) is 15.7. The highest BCUT2D eigenvalue weighted by Gasteiger charge is 2.30. The molecule has 1 aliphatic heterocycles. The maximum absolute atomic E-state index is 13.7. The van der Waals surface area contributed by atoms with Crippen LogP contribution in [0.5, 0.6) is 11.5 Å². The first kappa shape index (κ1) is 20.8.